The lowest BCUT2D eigenvalue weighted by molar-refractivity contribution is -0.187. The van der Waals surface area contributed by atoms with Crippen LogP contribution in [0.15, 0.2) is 0 Å². The van der Waals surface area contributed by atoms with Crippen LogP contribution in [-0.4, -0.2) is 18.6 Å². The number of ether oxygens (including phenoxy) is 1. The van der Waals surface area contributed by atoms with Gasteiger partial charge in [-0.05, 0) is 93.3 Å². The minimum absolute atomic E-state index is 0.0608. The number of rotatable bonds is 2. The van der Waals surface area contributed by atoms with Crippen LogP contribution in [0.3, 0.4) is 0 Å². The van der Waals surface area contributed by atoms with E-state index in [0.717, 1.165) is 18.8 Å². The molecule has 3 heteroatoms. The zero-order valence-electron chi connectivity index (χ0n) is 16.7. The zero-order valence-corrected chi connectivity index (χ0v) is 16.7. The number of carbonyl (C=O) groups excluding carboxylic acids is 1. The van der Waals surface area contributed by atoms with Crippen LogP contribution in [0.2, 0.25) is 0 Å². The van der Waals surface area contributed by atoms with Crippen molar-refractivity contribution >= 4 is 5.97 Å². The van der Waals surface area contributed by atoms with E-state index in [0.29, 0.717) is 29.4 Å². The predicted molar refractivity (Wildman–Crippen MR) is 99.9 cm³/mol. The van der Waals surface area contributed by atoms with Gasteiger partial charge >= 0.3 is 5.97 Å². The van der Waals surface area contributed by atoms with Gasteiger partial charge < -0.3 is 10.5 Å². The maximum absolute atomic E-state index is 12.9. The highest BCUT2D eigenvalue weighted by molar-refractivity contribution is 5.77. The first kappa shape index (κ1) is 17.8. The number of nitrogens with two attached hydrogens (primary N) is 1. The van der Waals surface area contributed by atoms with Gasteiger partial charge in [0.1, 0.15) is 0 Å². The molecule has 0 unspecified atom stereocenters. The molecule has 0 saturated heterocycles. The van der Waals surface area contributed by atoms with Gasteiger partial charge in [-0.3, -0.25) is 4.79 Å². The molecule has 0 aliphatic heterocycles. The molecule has 142 valence electrons. The molecule has 1 spiro atoms. The van der Waals surface area contributed by atoms with Gasteiger partial charge in [0.25, 0.3) is 0 Å². The van der Waals surface area contributed by atoms with Gasteiger partial charge in [-0.25, -0.2) is 0 Å². The molecule has 3 nitrogen and oxygen atoms in total. The Kier molecular flexibility index (Phi) is 3.90. The molecule has 7 atom stereocenters. The average molecular weight is 348 g/mol. The first-order chi connectivity index (χ1) is 11.7. The lowest BCUT2D eigenvalue weighted by Gasteiger charge is -2.64. The summed E-state index contributed by atoms with van der Waals surface area (Å²) in [7, 11) is 0. The van der Waals surface area contributed by atoms with Crippen molar-refractivity contribution in [3.8, 4) is 0 Å². The second kappa shape index (κ2) is 5.47. The molecule has 4 rings (SSSR count). The van der Waals surface area contributed by atoms with E-state index in [1.54, 1.807) is 0 Å². The monoisotopic (exact) mass is 347 g/mol. The van der Waals surface area contributed by atoms with E-state index in [1.165, 1.54) is 44.9 Å². The molecule has 0 aromatic carbocycles. The van der Waals surface area contributed by atoms with Crippen molar-refractivity contribution in [2.24, 2.45) is 39.2 Å². The molecule has 4 fully saturated rings. The van der Waals surface area contributed by atoms with Crippen LogP contribution in [0, 0.1) is 33.5 Å². The van der Waals surface area contributed by atoms with E-state index in [-0.39, 0.29) is 16.8 Å². The number of hydrogen-bond donors (Lipinski definition) is 1. The highest BCUT2D eigenvalue weighted by Crippen LogP contribution is 2.73. The second-order valence-corrected chi connectivity index (χ2v) is 10.7. The van der Waals surface area contributed by atoms with E-state index in [2.05, 4.69) is 20.8 Å². The second-order valence-electron chi connectivity index (χ2n) is 10.7. The van der Waals surface area contributed by atoms with Crippen LogP contribution in [0.1, 0.15) is 85.5 Å². The Bertz CT molecular complexity index is 576. The van der Waals surface area contributed by atoms with Crippen LogP contribution in [-0.2, 0) is 9.53 Å². The van der Waals surface area contributed by atoms with Gasteiger partial charge in [-0.2, -0.15) is 0 Å². The van der Waals surface area contributed by atoms with Crippen LogP contribution in [0.5, 0.6) is 0 Å². The van der Waals surface area contributed by atoms with E-state index < -0.39 is 0 Å². The smallest absolute Gasteiger partial charge is 0.312 e. The number of esters is 1. The zero-order chi connectivity index (χ0) is 18.1. The van der Waals surface area contributed by atoms with Crippen molar-refractivity contribution < 1.29 is 9.53 Å². The maximum atomic E-state index is 12.9. The summed E-state index contributed by atoms with van der Waals surface area (Å²) in [6.07, 6.45) is 11.0. The molecule has 0 heterocycles. The Hall–Kier alpha value is -0.570. The Balaban J connectivity index is 1.69. The fourth-order valence-electron chi connectivity index (χ4n) is 8.36. The number of carbonyl (C=O) groups is 1. The quantitative estimate of drug-likeness (QED) is 0.738. The minimum atomic E-state index is -0.286. The first-order valence-corrected chi connectivity index (χ1v) is 10.6. The SMILES string of the molecule is CCOC(=O)[C@]1(C)CCC[C@@]2(C)[C@@H]3CC[C@@]4(C)C[C@]3(CC[C@@H]21)C[C@H]4N. The molecule has 2 N–H and O–H groups in total. The van der Waals surface area contributed by atoms with Gasteiger partial charge in [0, 0.05) is 6.04 Å². The van der Waals surface area contributed by atoms with E-state index >= 15 is 0 Å². The average Bonchev–Trinajstić information content (AvgIpc) is 2.72. The highest BCUT2D eigenvalue weighted by atomic mass is 16.5. The molecule has 4 aliphatic carbocycles. The van der Waals surface area contributed by atoms with E-state index in [9.17, 15) is 4.79 Å². The van der Waals surface area contributed by atoms with E-state index in [1.807, 2.05) is 6.92 Å². The van der Waals surface area contributed by atoms with Crippen molar-refractivity contribution in [1.82, 2.24) is 0 Å². The summed E-state index contributed by atoms with van der Waals surface area (Å²) in [5.74, 6) is 1.28. The van der Waals surface area contributed by atoms with Crippen molar-refractivity contribution in [3.63, 3.8) is 0 Å². The van der Waals surface area contributed by atoms with Gasteiger partial charge in [0.05, 0.1) is 12.0 Å². The summed E-state index contributed by atoms with van der Waals surface area (Å²) < 4.78 is 5.55. The standard InChI is InChI=1S/C22H37NO2/c1-5-25-18(24)21(4)10-6-9-20(3)15(21)8-12-22-13-17(23)19(2,14-22)11-7-16(20)22/h15-17H,5-14,23H2,1-4H3/t15-,16-,17+,19-,20+,21+,22-/m0/s1. The third-order valence-corrected chi connectivity index (χ3v) is 9.47. The van der Waals surface area contributed by atoms with Crippen LogP contribution in [0.4, 0.5) is 0 Å². The summed E-state index contributed by atoms with van der Waals surface area (Å²) in [5, 5.41) is 0. The lowest BCUT2D eigenvalue weighted by atomic mass is 9.40. The minimum Gasteiger partial charge on any atom is -0.466 e. The molecule has 4 saturated carbocycles. The normalized spacial score (nSPS) is 54.5. The number of fused-ring (bicyclic) bond motifs is 3. The molecule has 0 aromatic rings. The van der Waals surface area contributed by atoms with Gasteiger partial charge in [-0.1, -0.05) is 20.3 Å². The van der Waals surface area contributed by atoms with Crippen molar-refractivity contribution in [2.45, 2.75) is 91.5 Å². The molecule has 25 heavy (non-hydrogen) atoms. The third kappa shape index (κ3) is 2.23. The summed E-state index contributed by atoms with van der Waals surface area (Å²) in [4.78, 5) is 12.9. The van der Waals surface area contributed by atoms with Gasteiger partial charge in [-0.15, -0.1) is 0 Å². The first-order valence-electron chi connectivity index (χ1n) is 10.6. The Morgan fingerprint density at radius 1 is 1.08 bits per heavy atom. The maximum Gasteiger partial charge on any atom is 0.312 e. The largest absolute Gasteiger partial charge is 0.466 e. The highest BCUT2D eigenvalue weighted by Gasteiger charge is 2.67. The summed E-state index contributed by atoms with van der Waals surface area (Å²) in [5.41, 5.74) is 7.44. The van der Waals surface area contributed by atoms with E-state index in [4.69, 9.17) is 10.5 Å². The third-order valence-electron chi connectivity index (χ3n) is 9.47. The fourth-order valence-corrected chi connectivity index (χ4v) is 8.36. The van der Waals surface area contributed by atoms with Gasteiger partial charge in [0.15, 0.2) is 0 Å². The molecular formula is C22H37NO2. The van der Waals surface area contributed by atoms with Crippen LogP contribution in [0.25, 0.3) is 0 Å². The lowest BCUT2D eigenvalue weighted by Crippen LogP contribution is -2.58. The van der Waals surface area contributed by atoms with Crippen molar-refractivity contribution in [2.75, 3.05) is 6.61 Å². The van der Waals surface area contributed by atoms with Crippen LogP contribution < -0.4 is 5.73 Å². The van der Waals surface area contributed by atoms with Crippen molar-refractivity contribution in [1.29, 1.82) is 0 Å². The van der Waals surface area contributed by atoms with Crippen LogP contribution >= 0.6 is 0 Å². The molecule has 0 amide bonds. The molecule has 4 aliphatic rings. The summed E-state index contributed by atoms with van der Waals surface area (Å²) >= 11 is 0. The molecule has 2 bridgehead atoms. The predicted octanol–water partition coefficient (Wildman–Crippen LogP) is 4.68. The topological polar surface area (TPSA) is 52.3 Å². The van der Waals surface area contributed by atoms with Crippen molar-refractivity contribution in [3.05, 3.63) is 0 Å². The molecular weight excluding hydrogens is 310 g/mol. The molecule has 0 aromatic heterocycles. The molecule has 0 radical (unpaired) electrons. The Labute approximate surface area is 153 Å². The summed E-state index contributed by atoms with van der Waals surface area (Å²) in [6.45, 7) is 9.59. The van der Waals surface area contributed by atoms with Gasteiger partial charge in [0.2, 0.25) is 0 Å². The fraction of sp³-hybridized carbons (Fsp3) is 0.955. The number of hydrogen-bond acceptors (Lipinski definition) is 3. The Morgan fingerprint density at radius 3 is 2.52 bits per heavy atom. The summed E-state index contributed by atoms with van der Waals surface area (Å²) in [6, 6.07) is 0.373. The Morgan fingerprint density at radius 2 is 1.80 bits per heavy atom.